The molecule has 4 N–H and O–H groups in total. The molecule has 0 saturated heterocycles. The van der Waals surface area contributed by atoms with Gasteiger partial charge in [-0.1, -0.05) is 37.8 Å². The van der Waals surface area contributed by atoms with Crippen LogP contribution in [0.25, 0.3) is 0 Å². The van der Waals surface area contributed by atoms with Crippen molar-refractivity contribution in [3.8, 4) is 0 Å². The fraction of sp³-hybridized carbons (Fsp3) is 0.600. The normalized spacial score (nSPS) is 24.7. The second kappa shape index (κ2) is 9.93. The van der Waals surface area contributed by atoms with Gasteiger partial charge in [0.2, 0.25) is 5.91 Å². The molecule has 2 saturated carbocycles. The van der Waals surface area contributed by atoms with Crippen molar-refractivity contribution in [1.29, 1.82) is 0 Å². The van der Waals surface area contributed by atoms with Crippen LogP contribution in [0.15, 0.2) is 24.3 Å². The minimum atomic E-state index is -0.197. The van der Waals surface area contributed by atoms with Crippen LogP contribution in [0, 0.1) is 17.8 Å². The third-order valence-corrected chi connectivity index (χ3v) is 5.77. The Balaban J connectivity index is 0.00000243. The Morgan fingerprint density at radius 3 is 2.54 bits per heavy atom. The molecule has 0 radical (unpaired) electrons. The average Bonchev–Trinajstić information content (AvgIpc) is 2.66. The van der Waals surface area contributed by atoms with E-state index in [9.17, 15) is 9.59 Å². The van der Waals surface area contributed by atoms with E-state index in [1.54, 1.807) is 18.2 Å². The number of benzene rings is 1. The quantitative estimate of drug-likeness (QED) is 0.733. The van der Waals surface area contributed by atoms with Crippen molar-refractivity contribution in [3.05, 3.63) is 29.8 Å². The van der Waals surface area contributed by atoms with Gasteiger partial charge >= 0.3 is 0 Å². The Labute approximate surface area is 161 Å². The van der Waals surface area contributed by atoms with Gasteiger partial charge in [-0.05, 0) is 43.2 Å². The lowest BCUT2D eigenvalue weighted by atomic mass is 9.67. The highest BCUT2D eigenvalue weighted by Crippen LogP contribution is 2.42. The summed E-state index contributed by atoms with van der Waals surface area (Å²) >= 11 is 0. The summed E-state index contributed by atoms with van der Waals surface area (Å²) in [5, 5.41) is 5.77. The summed E-state index contributed by atoms with van der Waals surface area (Å²) < 4.78 is 0. The molecular formula is C20H30ClN3O2. The van der Waals surface area contributed by atoms with Crippen LogP contribution in [-0.2, 0) is 4.79 Å². The van der Waals surface area contributed by atoms with Crippen molar-refractivity contribution in [2.45, 2.75) is 44.9 Å². The van der Waals surface area contributed by atoms with Gasteiger partial charge in [0, 0.05) is 19.0 Å². The van der Waals surface area contributed by atoms with Crippen LogP contribution in [-0.4, -0.2) is 24.9 Å². The van der Waals surface area contributed by atoms with Crippen LogP contribution in [0.3, 0.4) is 0 Å². The second-order valence-electron chi connectivity index (χ2n) is 7.39. The van der Waals surface area contributed by atoms with Gasteiger partial charge < -0.3 is 16.4 Å². The van der Waals surface area contributed by atoms with Crippen LogP contribution in [0.1, 0.15) is 55.3 Å². The van der Waals surface area contributed by atoms with Gasteiger partial charge in [0.15, 0.2) is 0 Å². The summed E-state index contributed by atoms with van der Waals surface area (Å²) in [5.41, 5.74) is 6.53. The summed E-state index contributed by atoms with van der Waals surface area (Å²) in [6, 6.07) is 7.18. The molecule has 3 rings (SSSR count). The Bertz CT molecular complexity index is 623. The molecular weight excluding hydrogens is 350 g/mol. The highest BCUT2D eigenvalue weighted by Gasteiger charge is 2.35. The average molecular weight is 380 g/mol. The van der Waals surface area contributed by atoms with E-state index in [2.05, 4.69) is 10.6 Å². The number of anilines is 1. The van der Waals surface area contributed by atoms with Crippen molar-refractivity contribution in [2.75, 3.05) is 18.4 Å². The van der Waals surface area contributed by atoms with Gasteiger partial charge in [-0.3, -0.25) is 9.59 Å². The lowest BCUT2D eigenvalue weighted by molar-refractivity contribution is -0.122. The molecule has 3 unspecified atom stereocenters. The van der Waals surface area contributed by atoms with E-state index in [-0.39, 0.29) is 30.1 Å². The van der Waals surface area contributed by atoms with Crippen molar-refractivity contribution >= 4 is 29.9 Å². The number of carbonyl (C=O) groups excluding carboxylic acids is 2. The summed E-state index contributed by atoms with van der Waals surface area (Å²) in [5.74, 6) is 1.47. The van der Waals surface area contributed by atoms with Crippen LogP contribution in [0.5, 0.6) is 0 Å². The standard InChI is InChI=1S/C20H29N3O2.ClH/c21-11-12-22-20(25)17-7-3-4-8-18(17)23-19(24)16-10-9-14-5-1-2-6-15(14)13-16;/h3-4,7-8,14-16H,1-2,5-6,9-13,21H2,(H,22,25)(H,23,24);1H. The maximum Gasteiger partial charge on any atom is 0.253 e. The number of amides is 2. The lowest BCUT2D eigenvalue weighted by Gasteiger charge is -2.38. The SMILES string of the molecule is Cl.NCCNC(=O)c1ccccc1NC(=O)C1CCC2CCCCC2C1. The maximum absolute atomic E-state index is 12.8. The number of fused-ring (bicyclic) bond motifs is 1. The fourth-order valence-electron chi connectivity index (χ4n) is 4.42. The van der Waals surface area contributed by atoms with Gasteiger partial charge in [0.1, 0.15) is 0 Å². The first-order valence-electron chi connectivity index (χ1n) is 9.57. The van der Waals surface area contributed by atoms with Gasteiger partial charge in [0.05, 0.1) is 11.3 Å². The Hall–Kier alpha value is -1.59. The highest BCUT2D eigenvalue weighted by molar-refractivity contribution is 6.04. The summed E-state index contributed by atoms with van der Waals surface area (Å²) in [7, 11) is 0. The zero-order valence-corrected chi connectivity index (χ0v) is 16.0. The molecule has 3 atom stereocenters. The number of nitrogens with one attached hydrogen (secondary N) is 2. The zero-order valence-electron chi connectivity index (χ0n) is 15.2. The van der Waals surface area contributed by atoms with Gasteiger partial charge in [-0.25, -0.2) is 0 Å². The molecule has 144 valence electrons. The van der Waals surface area contributed by atoms with Crippen molar-refractivity contribution in [1.82, 2.24) is 5.32 Å². The van der Waals surface area contributed by atoms with E-state index in [1.165, 1.54) is 32.1 Å². The number of halogens is 1. The third kappa shape index (κ3) is 4.98. The van der Waals surface area contributed by atoms with Crippen molar-refractivity contribution < 1.29 is 9.59 Å². The number of rotatable bonds is 5. The second-order valence-corrected chi connectivity index (χ2v) is 7.39. The number of carbonyl (C=O) groups is 2. The van der Waals surface area contributed by atoms with Crippen LogP contribution >= 0.6 is 12.4 Å². The molecule has 2 fully saturated rings. The van der Waals surface area contributed by atoms with E-state index in [0.29, 0.717) is 30.3 Å². The first-order valence-corrected chi connectivity index (χ1v) is 9.57. The maximum atomic E-state index is 12.8. The molecule has 1 aromatic rings. The van der Waals surface area contributed by atoms with Gasteiger partial charge in [-0.2, -0.15) is 0 Å². The molecule has 5 nitrogen and oxygen atoms in total. The molecule has 0 spiro atoms. The summed E-state index contributed by atoms with van der Waals surface area (Å²) in [6.45, 7) is 0.817. The smallest absolute Gasteiger partial charge is 0.253 e. The highest BCUT2D eigenvalue weighted by atomic mass is 35.5. The Morgan fingerprint density at radius 2 is 1.77 bits per heavy atom. The molecule has 0 aliphatic heterocycles. The molecule has 2 amide bonds. The number of hydrogen-bond donors (Lipinski definition) is 3. The first-order chi connectivity index (χ1) is 12.2. The zero-order chi connectivity index (χ0) is 17.6. The van der Waals surface area contributed by atoms with Crippen molar-refractivity contribution in [3.63, 3.8) is 0 Å². The monoisotopic (exact) mass is 379 g/mol. The number of nitrogens with two attached hydrogens (primary N) is 1. The predicted octanol–water partition coefficient (Wildman–Crippen LogP) is 3.34. The molecule has 2 aliphatic rings. The predicted molar refractivity (Wildman–Crippen MR) is 106 cm³/mol. The molecule has 1 aromatic carbocycles. The largest absolute Gasteiger partial charge is 0.351 e. The van der Waals surface area contributed by atoms with Gasteiger partial charge in [-0.15, -0.1) is 12.4 Å². The lowest BCUT2D eigenvalue weighted by Crippen LogP contribution is -2.34. The molecule has 0 heterocycles. The van der Waals surface area contributed by atoms with Gasteiger partial charge in [0.25, 0.3) is 5.91 Å². The van der Waals surface area contributed by atoms with Crippen LogP contribution in [0.2, 0.25) is 0 Å². The fourth-order valence-corrected chi connectivity index (χ4v) is 4.42. The summed E-state index contributed by atoms with van der Waals surface area (Å²) in [6.07, 6.45) is 8.40. The minimum absolute atomic E-state index is 0. The molecule has 2 aliphatic carbocycles. The van der Waals surface area contributed by atoms with Crippen LogP contribution < -0.4 is 16.4 Å². The Kier molecular flexibility index (Phi) is 7.91. The van der Waals surface area contributed by atoms with E-state index in [0.717, 1.165) is 18.8 Å². The van der Waals surface area contributed by atoms with E-state index in [4.69, 9.17) is 5.73 Å². The van der Waals surface area contributed by atoms with E-state index < -0.39 is 0 Å². The van der Waals surface area contributed by atoms with Crippen LogP contribution in [0.4, 0.5) is 5.69 Å². The van der Waals surface area contributed by atoms with Crippen molar-refractivity contribution in [2.24, 2.45) is 23.5 Å². The Morgan fingerprint density at radius 1 is 1.04 bits per heavy atom. The molecule has 26 heavy (non-hydrogen) atoms. The number of hydrogen-bond acceptors (Lipinski definition) is 3. The third-order valence-electron chi connectivity index (χ3n) is 5.77. The number of para-hydroxylation sites is 1. The molecule has 0 aromatic heterocycles. The summed E-state index contributed by atoms with van der Waals surface area (Å²) in [4.78, 5) is 25.0. The minimum Gasteiger partial charge on any atom is -0.351 e. The van der Waals surface area contributed by atoms with E-state index in [1.807, 2.05) is 6.07 Å². The van der Waals surface area contributed by atoms with E-state index >= 15 is 0 Å². The topological polar surface area (TPSA) is 84.2 Å². The molecule has 6 heteroatoms. The first kappa shape index (κ1) is 20.7. The molecule has 0 bridgehead atoms.